The Balaban J connectivity index is 1.46. The summed E-state index contributed by atoms with van der Waals surface area (Å²) < 4.78 is 0. The molecule has 4 aromatic rings. The zero-order valence-corrected chi connectivity index (χ0v) is 21.1. The predicted octanol–water partition coefficient (Wildman–Crippen LogP) is 7.47. The monoisotopic (exact) mass is 507 g/mol. The summed E-state index contributed by atoms with van der Waals surface area (Å²) in [6.07, 6.45) is 2.39. The number of amides is 2. The highest BCUT2D eigenvalue weighted by Crippen LogP contribution is 2.37. The maximum absolute atomic E-state index is 13.3. The topological polar surface area (TPSA) is 71.1 Å². The van der Waals surface area contributed by atoms with Crippen molar-refractivity contribution < 1.29 is 9.59 Å². The molecule has 5 nitrogen and oxygen atoms in total. The maximum atomic E-state index is 13.3. The van der Waals surface area contributed by atoms with Crippen molar-refractivity contribution in [2.75, 3.05) is 10.6 Å². The lowest BCUT2D eigenvalue weighted by atomic mass is 10.1. The molecule has 0 aliphatic rings. The van der Waals surface area contributed by atoms with Crippen LogP contribution in [0, 0.1) is 0 Å². The van der Waals surface area contributed by atoms with E-state index in [0.717, 1.165) is 39.6 Å². The SMILES string of the molecule is CCCCC(=O)Nc1ccc(SC(C(=O)Nc2nc(-c3cccs3)cs2)c2ccccc2)cc1. The molecule has 0 spiro atoms. The van der Waals surface area contributed by atoms with Crippen LogP contribution in [0.4, 0.5) is 10.8 Å². The van der Waals surface area contributed by atoms with E-state index in [0.29, 0.717) is 11.6 Å². The Morgan fingerprint density at radius 1 is 0.971 bits per heavy atom. The molecule has 2 amide bonds. The minimum absolute atomic E-state index is 0.0224. The van der Waals surface area contributed by atoms with E-state index in [4.69, 9.17) is 0 Å². The van der Waals surface area contributed by atoms with Gasteiger partial charge in [-0.3, -0.25) is 9.59 Å². The number of nitrogens with zero attached hydrogens (tertiary/aromatic N) is 1. The Morgan fingerprint density at radius 2 is 1.76 bits per heavy atom. The summed E-state index contributed by atoms with van der Waals surface area (Å²) >= 11 is 4.51. The Bertz CT molecular complexity index is 1210. The molecule has 0 bridgehead atoms. The number of hydrogen-bond donors (Lipinski definition) is 2. The highest BCUT2D eigenvalue weighted by molar-refractivity contribution is 8.00. The number of thioether (sulfide) groups is 1. The van der Waals surface area contributed by atoms with Gasteiger partial charge in [-0.2, -0.15) is 0 Å². The van der Waals surface area contributed by atoms with Gasteiger partial charge in [0.2, 0.25) is 11.8 Å². The summed E-state index contributed by atoms with van der Waals surface area (Å²) in [6, 6.07) is 21.3. The van der Waals surface area contributed by atoms with E-state index in [1.54, 1.807) is 11.3 Å². The Kier molecular flexibility index (Phi) is 8.51. The van der Waals surface area contributed by atoms with Crippen LogP contribution in [0.5, 0.6) is 0 Å². The molecule has 1 unspecified atom stereocenters. The number of nitrogens with one attached hydrogen (secondary N) is 2. The highest BCUT2D eigenvalue weighted by atomic mass is 32.2. The van der Waals surface area contributed by atoms with Crippen molar-refractivity contribution in [2.24, 2.45) is 0 Å². The van der Waals surface area contributed by atoms with Crippen molar-refractivity contribution in [3.8, 4) is 10.6 Å². The molecule has 2 aromatic heterocycles. The van der Waals surface area contributed by atoms with Crippen molar-refractivity contribution in [1.82, 2.24) is 4.98 Å². The molecule has 0 saturated heterocycles. The number of hydrogen-bond acceptors (Lipinski definition) is 6. The number of benzene rings is 2. The van der Waals surface area contributed by atoms with Gasteiger partial charge in [-0.1, -0.05) is 49.7 Å². The molecular formula is C26H25N3O2S3. The van der Waals surface area contributed by atoms with E-state index in [2.05, 4.69) is 22.5 Å². The van der Waals surface area contributed by atoms with E-state index < -0.39 is 5.25 Å². The van der Waals surface area contributed by atoms with Crippen LogP contribution < -0.4 is 10.6 Å². The molecule has 2 N–H and O–H groups in total. The lowest BCUT2D eigenvalue weighted by Crippen LogP contribution is -2.19. The molecule has 0 radical (unpaired) electrons. The van der Waals surface area contributed by atoms with Crippen LogP contribution in [0.3, 0.4) is 0 Å². The summed E-state index contributed by atoms with van der Waals surface area (Å²) in [5.74, 6) is -0.102. The molecule has 0 saturated carbocycles. The van der Waals surface area contributed by atoms with E-state index >= 15 is 0 Å². The molecular weight excluding hydrogens is 483 g/mol. The van der Waals surface area contributed by atoms with Crippen LogP contribution in [-0.2, 0) is 9.59 Å². The van der Waals surface area contributed by atoms with Crippen LogP contribution in [-0.4, -0.2) is 16.8 Å². The predicted molar refractivity (Wildman–Crippen MR) is 144 cm³/mol. The molecule has 174 valence electrons. The summed E-state index contributed by atoms with van der Waals surface area (Å²) in [5.41, 5.74) is 2.54. The van der Waals surface area contributed by atoms with Crippen molar-refractivity contribution in [3.63, 3.8) is 0 Å². The standard InChI is InChI=1S/C26H25N3O2S3/c1-2-3-11-23(30)27-19-12-14-20(15-13-19)34-24(18-8-5-4-6-9-18)25(31)29-26-28-21(17-33-26)22-10-7-16-32-22/h4-10,12-17,24H,2-3,11H2,1H3,(H,27,30)(H,28,29,31). The first kappa shape index (κ1) is 24.2. The Hall–Kier alpha value is -2.94. The normalized spacial score (nSPS) is 11.7. The Morgan fingerprint density at radius 3 is 2.47 bits per heavy atom. The first-order valence-electron chi connectivity index (χ1n) is 11.0. The molecule has 0 fully saturated rings. The van der Waals surface area contributed by atoms with E-state index in [9.17, 15) is 9.59 Å². The van der Waals surface area contributed by atoms with Gasteiger partial charge in [-0.15, -0.1) is 34.4 Å². The van der Waals surface area contributed by atoms with E-state index in [1.165, 1.54) is 23.1 Å². The molecule has 0 aliphatic heterocycles. The maximum Gasteiger partial charge on any atom is 0.244 e. The van der Waals surface area contributed by atoms with Gasteiger partial charge in [0, 0.05) is 22.4 Å². The summed E-state index contributed by atoms with van der Waals surface area (Å²) in [6.45, 7) is 2.07. The van der Waals surface area contributed by atoms with Crippen molar-refractivity contribution in [2.45, 2.75) is 36.3 Å². The van der Waals surface area contributed by atoms with Crippen LogP contribution in [0.15, 0.2) is 82.4 Å². The largest absolute Gasteiger partial charge is 0.326 e. The zero-order valence-electron chi connectivity index (χ0n) is 18.7. The van der Waals surface area contributed by atoms with Gasteiger partial charge in [0.25, 0.3) is 0 Å². The minimum Gasteiger partial charge on any atom is -0.326 e. The second-order valence-corrected chi connectivity index (χ2v) is 10.6. The summed E-state index contributed by atoms with van der Waals surface area (Å²) in [4.78, 5) is 31.9. The number of carbonyl (C=O) groups is 2. The van der Waals surface area contributed by atoms with E-state index in [1.807, 2.05) is 77.5 Å². The zero-order chi connectivity index (χ0) is 23.8. The van der Waals surface area contributed by atoms with Gasteiger partial charge in [0.1, 0.15) is 5.25 Å². The third-order valence-corrected chi connectivity index (χ3v) is 7.91. The lowest BCUT2D eigenvalue weighted by molar-refractivity contribution is -0.116. The number of rotatable bonds is 10. The second-order valence-electron chi connectivity index (χ2n) is 7.59. The van der Waals surface area contributed by atoms with Gasteiger partial charge in [-0.05, 0) is 47.7 Å². The average Bonchev–Trinajstić information content (AvgIpc) is 3.55. The summed E-state index contributed by atoms with van der Waals surface area (Å²) in [5, 5.41) is 10.0. The van der Waals surface area contributed by atoms with Gasteiger partial charge in [0.05, 0.1) is 10.6 Å². The molecule has 8 heteroatoms. The first-order chi connectivity index (χ1) is 16.6. The third-order valence-electron chi connectivity index (χ3n) is 5.00. The van der Waals surface area contributed by atoms with Gasteiger partial charge >= 0.3 is 0 Å². The minimum atomic E-state index is -0.444. The lowest BCUT2D eigenvalue weighted by Gasteiger charge is -2.16. The van der Waals surface area contributed by atoms with Gasteiger partial charge in [0.15, 0.2) is 5.13 Å². The molecule has 4 rings (SSSR count). The van der Waals surface area contributed by atoms with Gasteiger partial charge < -0.3 is 10.6 Å². The van der Waals surface area contributed by atoms with Crippen LogP contribution >= 0.6 is 34.4 Å². The fourth-order valence-corrected chi connectivity index (χ4v) is 5.75. The molecule has 2 heterocycles. The smallest absolute Gasteiger partial charge is 0.244 e. The van der Waals surface area contributed by atoms with Crippen molar-refractivity contribution in [1.29, 1.82) is 0 Å². The van der Waals surface area contributed by atoms with Crippen molar-refractivity contribution >= 4 is 57.1 Å². The third kappa shape index (κ3) is 6.56. The average molecular weight is 508 g/mol. The fourth-order valence-electron chi connectivity index (χ4n) is 3.25. The molecule has 1 atom stereocenters. The molecule has 0 aliphatic carbocycles. The number of aromatic nitrogens is 1. The van der Waals surface area contributed by atoms with Crippen molar-refractivity contribution in [3.05, 3.63) is 83.1 Å². The van der Waals surface area contributed by atoms with Crippen LogP contribution in [0.2, 0.25) is 0 Å². The highest BCUT2D eigenvalue weighted by Gasteiger charge is 2.23. The number of thiazole rings is 1. The van der Waals surface area contributed by atoms with Crippen LogP contribution in [0.25, 0.3) is 10.6 Å². The Labute approximate surface area is 211 Å². The quantitative estimate of drug-likeness (QED) is 0.218. The molecule has 34 heavy (non-hydrogen) atoms. The number of thiophene rings is 1. The number of unbranched alkanes of at least 4 members (excludes halogenated alkanes) is 1. The van der Waals surface area contributed by atoms with Crippen LogP contribution in [0.1, 0.15) is 37.0 Å². The number of carbonyl (C=O) groups excluding carboxylic acids is 2. The second kappa shape index (κ2) is 12.0. The summed E-state index contributed by atoms with van der Waals surface area (Å²) in [7, 11) is 0. The molecule has 2 aromatic carbocycles. The fraction of sp³-hybridized carbons (Fsp3) is 0.192. The van der Waals surface area contributed by atoms with E-state index in [-0.39, 0.29) is 11.8 Å². The first-order valence-corrected chi connectivity index (χ1v) is 13.7. The number of anilines is 2. The van der Waals surface area contributed by atoms with Gasteiger partial charge in [-0.25, -0.2) is 4.98 Å².